The molecule has 0 saturated carbocycles. The summed E-state index contributed by atoms with van der Waals surface area (Å²) in [5, 5.41) is 11.0. The highest BCUT2D eigenvalue weighted by Crippen LogP contribution is 2.23. The standard InChI is InChI=1S/C12H15N5O2S/c1-8-15-16-12(17(8)13)20-7-11(18)14-9-5-3-4-6-10(9)19-2/h3-6H,7,13H2,1-2H3,(H,14,18). The second-order valence-corrected chi connectivity index (χ2v) is 4.88. The third kappa shape index (κ3) is 3.21. The Morgan fingerprint density at radius 2 is 2.20 bits per heavy atom. The van der Waals surface area contributed by atoms with Crippen molar-refractivity contribution in [2.75, 3.05) is 24.0 Å². The van der Waals surface area contributed by atoms with Crippen LogP contribution >= 0.6 is 11.8 Å². The summed E-state index contributed by atoms with van der Waals surface area (Å²) in [5.41, 5.74) is 0.631. The summed E-state index contributed by atoms with van der Waals surface area (Å²) in [6, 6.07) is 7.22. The fourth-order valence-corrected chi connectivity index (χ4v) is 2.21. The number of aryl methyl sites for hydroxylation is 1. The molecule has 0 bridgehead atoms. The fraction of sp³-hybridized carbons (Fsp3) is 0.250. The summed E-state index contributed by atoms with van der Waals surface area (Å²) in [5.74, 6) is 6.94. The van der Waals surface area contributed by atoms with Gasteiger partial charge >= 0.3 is 0 Å². The molecule has 2 aromatic rings. The van der Waals surface area contributed by atoms with Crippen LogP contribution in [0.1, 0.15) is 5.82 Å². The van der Waals surface area contributed by atoms with Crippen LogP contribution in [0.2, 0.25) is 0 Å². The number of nitrogens with one attached hydrogen (secondary N) is 1. The monoisotopic (exact) mass is 293 g/mol. The quantitative estimate of drug-likeness (QED) is 0.632. The van der Waals surface area contributed by atoms with Gasteiger partial charge in [-0.15, -0.1) is 10.2 Å². The van der Waals surface area contributed by atoms with Gasteiger partial charge in [0, 0.05) is 0 Å². The number of carbonyl (C=O) groups is 1. The first-order valence-electron chi connectivity index (χ1n) is 5.84. The Morgan fingerprint density at radius 3 is 2.85 bits per heavy atom. The van der Waals surface area contributed by atoms with Gasteiger partial charge in [-0.1, -0.05) is 23.9 Å². The molecule has 0 unspecified atom stereocenters. The molecule has 20 heavy (non-hydrogen) atoms. The minimum Gasteiger partial charge on any atom is -0.495 e. The first kappa shape index (κ1) is 14.2. The molecule has 0 atom stereocenters. The van der Waals surface area contributed by atoms with Gasteiger partial charge in [0.2, 0.25) is 11.1 Å². The van der Waals surface area contributed by atoms with Gasteiger partial charge in [0.1, 0.15) is 11.6 Å². The number of nitrogen functional groups attached to an aromatic ring is 1. The molecule has 7 nitrogen and oxygen atoms in total. The van der Waals surface area contributed by atoms with Crippen molar-refractivity contribution in [2.45, 2.75) is 12.1 Å². The maximum Gasteiger partial charge on any atom is 0.234 e. The first-order chi connectivity index (χ1) is 9.61. The van der Waals surface area contributed by atoms with Crippen LogP contribution in [-0.4, -0.2) is 33.6 Å². The lowest BCUT2D eigenvalue weighted by Gasteiger charge is -2.09. The number of aromatic nitrogens is 3. The topological polar surface area (TPSA) is 95.1 Å². The maximum absolute atomic E-state index is 11.9. The zero-order valence-corrected chi connectivity index (χ0v) is 12.0. The van der Waals surface area contributed by atoms with Crippen molar-refractivity contribution in [1.82, 2.24) is 14.9 Å². The summed E-state index contributed by atoms with van der Waals surface area (Å²) in [6.07, 6.45) is 0. The number of anilines is 1. The number of thioether (sulfide) groups is 1. The summed E-state index contributed by atoms with van der Waals surface area (Å²) >= 11 is 1.22. The largest absolute Gasteiger partial charge is 0.495 e. The van der Waals surface area contributed by atoms with E-state index in [4.69, 9.17) is 10.6 Å². The van der Waals surface area contributed by atoms with Crippen molar-refractivity contribution in [3.8, 4) is 5.75 Å². The van der Waals surface area contributed by atoms with Crippen LogP contribution < -0.4 is 15.9 Å². The Bertz CT molecular complexity index is 614. The fourth-order valence-electron chi connectivity index (χ4n) is 1.51. The van der Waals surface area contributed by atoms with Crippen LogP contribution in [0.15, 0.2) is 29.4 Å². The Hall–Kier alpha value is -2.22. The molecular weight excluding hydrogens is 278 g/mol. The van der Waals surface area contributed by atoms with E-state index in [1.54, 1.807) is 26.2 Å². The van der Waals surface area contributed by atoms with Gasteiger partial charge < -0.3 is 15.9 Å². The van der Waals surface area contributed by atoms with Gasteiger partial charge in [0.15, 0.2) is 0 Å². The van der Waals surface area contributed by atoms with E-state index in [0.717, 1.165) is 0 Å². The summed E-state index contributed by atoms with van der Waals surface area (Å²) < 4.78 is 6.51. The van der Waals surface area contributed by atoms with Crippen molar-refractivity contribution >= 4 is 23.4 Å². The molecule has 1 heterocycles. The minimum atomic E-state index is -0.167. The number of carbonyl (C=O) groups excluding carboxylic acids is 1. The molecule has 0 aliphatic rings. The van der Waals surface area contributed by atoms with E-state index in [0.29, 0.717) is 22.4 Å². The third-order valence-electron chi connectivity index (χ3n) is 2.55. The molecule has 1 aromatic heterocycles. The van der Waals surface area contributed by atoms with E-state index >= 15 is 0 Å². The van der Waals surface area contributed by atoms with Gasteiger partial charge in [-0.2, -0.15) is 0 Å². The van der Waals surface area contributed by atoms with Crippen LogP contribution in [-0.2, 0) is 4.79 Å². The normalized spacial score (nSPS) is 10.3. The number of hydrogen-bond donors (Lipinski definition) is 2. The summed E-state index contributed by atoms with van der Waals surface area (Å²) in [4.78, 5) is 11.9. The van der Waals surface area contributed by atoms with Crippen LogP contribution in [0.5, 0.6) is 5.75 Å². The molecule has 0 aliphatic heterocycles. The molecule has 3 N–H and O–H groups in total. The van der Waals surface area contributed by atoms with Crippen molar-refractivity contribution in [3.63, 3.8) is 0 Å². The van der Waals surface area contributed by atoms with Crippen LogP contribution in [0.3, 0.4) is 0 Å². The Labute approximate surface area is 120 Å². The Morgan fingerprint density at radius 1 is 1.45 bits per heavy atom. The number of amides is 1. The molecular formula is C12H15N5O2S. The molecule has 0 radical (unpaired) electrons. The molecule has 1 aromatic carbocycles. The zero-order valence-electron chi connectivity index (χ0n) is 11.2. The van der Waals surface area contributed by atoms with E-state index in [1.165, 1.54) is 16.4 Å². The average molecular weight is 293 g/mol. The number of para-hydroxylation sites is 2. The van der Waals surface area contributed by atoms with Crippen molar-refractivity contribution in [1.29, 1.82) is 0 Å². The van der Waals surface area contributed by atoms with Gasteiger partial charge in [0.05, 0.1) is 18.6 Å². The molecule has 106 valence electrons. The lowest BCUT2D eigenvalue weighted by molar-refractivity contribution is -0.113. The highest BCUT2D eigenvalue weighted by molar-refractivity contribution is 7.99. The van der Waals surface area contributed by atoms with E-state index in [9.17, 15) is 4.79 Å². The minimum absolute atomic E-state index is 0.167. The van der Waals surface area contributed by atoms with Crippen LogP contribution in [0, 0.1) is 6.92 Å². The highest BCUT2D eigenvalue weighted by atomic mass is 32.2. The van der Waals surface area contributed by atoms with Crippen molar-refractivity contribution in [3.05, 3.63) is 30.1 Å². The Balaban J connectivity index is 1.94. The van der Waals surface area contributed by atoms with E-state index in [-0.39, 0.29) is 11.7 Å². The first-order valence-corrected chi connectivity index (χ1v) is 6.83. The van der Waals surface area contributed by atoms with Gasteiger partial charge in [-0.05, 0) is 19.1 Å². The van der Waals surface area contributed by atoms with Crippen molar-refractivity contribution < 1.29 is 9.53 Å². The Kier molecular flexibility index (Phi) is 4.46. The molecule has 8 heteroatoms. The molecule has 0 saturated heterocycles. The molecule has 0 aliphatic carbocycles. The van der Waals surface area contributed by atoms with E-state index in [2.05, 4.69) is 15.5 Å². The lowest BCUT2D eigenvalue weighted by atomic mass is 10.3. The van der Waals surface area contributed by atoms with Crippen LogP contribution in [0.25, 0.3) is 0 Å². The number of rotatable bonds is 5. The van der Waals surface area contributed by atoms with Crippen LogP contribution in [0.4, 0.5) is 5.69 Å². The van der Waals surface area contributed by atoms with E-state index in [1.807, 2.05) is 12.1 Å². The second-order valence-electron chi connectivity index (χ2n) is 3.94. The van der Waals surface area contributed by atoms with Gasteiger partial charge in [0.25, 0.3) is 0 Å². The number of hydrogen-bond acceptors (Lipinski definition) is 6. The predicted molar refractivity (Wildman–Crippen MR) is 77.3 cm³/mol. The smallest absolute Gasteiger partial charge is 0.234 e. The number of nitrogens with zero attached hydrogens (tertiary/aromatic N) is 3. The van der Waals surface area contributed by atoms with Gasteiger partial charge in [-0.25, -0.2) is 4.68 Å². The summed E-state index contributed by atoms with van der Waals surface area (Å²) in [7, 11) is 1.55. The third-order valence-corrected chi connectivity index (χ3v) is 3.49. The number of nitrogens with two attached hydrogens (primary N) is 1. The molecule has 0 spiro atoms. The SMILES string of the molecule is COc1ccccc1NC(=O)CSc1nnc(C)n1N. The zero-order chi connectivity index (χ0) is 14.5. The second kappa shape index (κ2) is 6.29. The number of ether oxygens (including phenoxy) is 1. The molecule has 1 amide bonds. The molecule has 2 rings (SSSR count). The highest BCUT2D eigenvalue weighted by Gasteiger charge is 2.11. The summed E-state index contributed by atoms with van der Waals surface area (Å²) in [6.45, 7) is 1.74. The van der Waals surface area contributed by atoms with Gasteiger partial charge in [-0.3, -0.25) is 4.79 Å². The maximum atomic E-state index is 11.9. The lowest BCUT2D eigenvalue weighted by Crippen LogP contribution is -2.16. The number of benzene rings is 1. The van der Waals surface area contributed by atoms with Crippen molar-refractivity contribution in [2.24, 2.45) is 0 Å². The predicted octanol–water partition coefficient (Wildman–Crippen LogP) is 1.04. The van der Waals surface area contributed by atoms with E-state index < -0.39 is 0 Å². The number of methoxy groups -OCH3 is 1. The average Bonchev–Trinajstić information content (AvgIpc) is 2.77. The molecule has 0 fully saturated rings.